The zero-order valence-corrected chi connectivity index (χ0v) is 13.7. The topological polar surface area (TPSA) is 74.7 Å². The Morgan fingerprint density at radius 3 is 3.04 bits per heavy atom. The van der Waals surface area contributed by atoms with Crippen molar-refractivity contribution in [2.75, 3.05) is 20.1 Å². The molecule has 0 aromatic carbocycles. The van der Waals surface area contributed by atoms with Crippen molar-refractivity contribution in [2.45, 2.75) is 38.0 Å². The summed E-state index contributed by atoms with van der Waals surface area (Å²) in [7, 11) is 4.08. The third-order valence-corrected chi connectivity index (χ3v) is 4.25. The number of aromatic nitrogens is 5. The lowest BCUT2D eigenvalue weighted by Crippen LogP contribution is -2.20. The number of nitrogens with one attached hydrogen (secondary N) is 2. The quantitative estimate of drug-likeness (QED) is 0.795. The van der Waals surface area contributed by atoms with E-state index in [2.05, 4.69) is 42.0 Å². The molecule has 1 saturated heterocycles. The second kappa shape index (κ2) is 7.18. The Morgan fingerprint density at radius 2 is 2.35 bits per heavy atom. The van der Waals surface area contributed by atoms with Crippen LogP contribution in [-0.4, -0.2) is 55.9 Å². The Labute approximate surface area is 135 Å². The number of hydrogen-bond acceptors (Lipinski definition) is 5. The molecule has 0 spiro atoms. The summed E-state index contributed by atoms with van der Waals surface area (Å²) in [5.41, 5.74) is 1.24. The molecule has 1 fully saturated rings. The van der Waals surface area contributed by atoms with Crippen LogP contribution in [-0.2, 0) is 20.0 Å². The van der Waals surface area contributed by atoms with E-state index in [0.717, 1.165) is 25.2 Å². The van der Waals surface area contributed by atoms with E-state index in [4.69, 9.17) is 0 Å². The van der Waals surface area contributed by atoms with Crippen LogP contribution in [0.5, 0.6) is 0 Å². The van der Waals surface area contributed by atoms with E-state index in [0.29, 0.717) is 25.3 Å². The molecule has 1 aliphatic rings. The van der Waals surface area contributed by atoms with Gasteiger partial charge in [-0.15, -0.1) is 0 Å². The number of H-pyrrole nitrogens is 1. The average molecular weight is 321 g/mol. The minimum atomic E-state index is -0.795. The zero-order valence-electron chi connectivity index (χ0n) is 13.7. The molecule has 23 heavy (non-hydrogen) atoms. The van der Waals surface area contributed by atoms with Crippen molar-refractivity contribution in [2.24, 2.45) is 7.05 Å². The predicted molar refractivity (Wildman–Crippen MR) is 84.5 cm³/mol. The van der Waals surface area contributed by atoms with Crippen LogP contribution in [0.25, 0.3) is 0 Å². The molecule has 0 aliphatic carbocycles. The van der Waals surface area contributed by atoms with Crippen LogP contribution in [0.2, 0.25) is 0 Å². The van der Waals surface area contributed by atoms with Gasteiger partial charge in [-0.2, -0.15) is 5.10 Å². The second-order valence-corrected chi connectivity index (χ2v) is 6.27. The first kappa shape index (κ1) is 16.1. The van der Waals surface area contributed by atoms with Gasteiger partial charge in [-0.3, -0.25) is 10.00 Å². The Balaban J connectivity index is 1.44. The van der Waals surface area contributed by atoms with Crippen molar-refractivity contribution in [3.05, 3.63) is 29.9 Å². The molecule has 126 valence electrons. The second-order valence-electron chi connectivity index (χ2n) is 6.27. The van der Waals surface area contributed by atoms with Crippen LogP contribution >= 0.6 is 0 Å². The first-order chi connectivity index (χ1) is 11.1. The van der Waals surface area contributed by atoms with Crippen molar-refractivity contribution < 1.29 is 4.39 Å². The lowest BCUT2D eigenvalue weighted by atomic mass is 10.2. The van der Waals surface area contributed by atoms with E-state index in [9.17, 15) is 4.39 Å². The number of imidazole rings is 1. The SMILES string of the molecule is CN(CCCc1cncn1C)Cc1nc([C@H]2C[C@H](F)CN2)n[nH]1. The van der Waals surface area contributed by atoms with Crippen molar-refractivity contribution in [3.8, 4) is 0 Å². The van der Waals surface area contributed by atoms with Crippen LogP contribution in [0.15, 0.2) is 12.5 Å². The van der Waals surface area contributed by atoms with Gasteiger partial charge in [0.05, 0.1) is 18.9 Å². The summed E-state index contributed by atoms with van der Waals surface area (Å²) < 4.78 is 15.3. The summed E-state index contributed by atoms with van der Waals surface area (Å²) in [6.45, 7) is 2.07. The van der Waals surface area contributed by atoms with Gasteiger partial charge in [0.15, 0.2) is 5.82 Å². The van der Waals surface area contributed by atoms with E-state index in [1.54, 1.807) is 0 Å². The van der Waals surface area contributed by atoms with E-state index >= 15 is 0 Å². The molecule has 0 bridgehead atoms. The third-order valence-electron chi connectivity index (χ3n) is 4.25. The molecule has 8 heteroatoms. The molecule has 0 saturated carbocycles. The largest absolute Gasteiger partial charge is 0.338 e. The lowest BCUT2D eigenvalue weighted by Gasteiger charge is -2.14. The predicted octanol–water partition coefficient (Wildman–Crippen LogP) is 0.975. The van der Waals surface area contributed by atoms with Crippen molar-refractivity contribution in [1.82, 2.24) is 34.9 Å². The number of nitrogens with zero attached hydrogens (tertiary/aromatic N) is 5. The van der Waals surface area contributed by atoms with Gasteiger partial charge >= 0.3 is 0 Å². The number of aromatic amines is 1. The molecule has 3 rings (SSSR count). The van der Waals surface area contributed by atoms with Gasteiger partial charge < -0.3 is 9.88 Å². The normalized spacial score (nSPS) is 21.4. The summed E-state index contributed by atoms with van der Waals surface area (Å²) in [6.07, 6.45) is 5.47. The smallest absolute Gasteiger partial charge is 0.167 e. The highest BCUT2D eigenvalue weighted by Crippen LogP contribution is 2.22. The molecule has 2 aromatic heterocycles. The van der Waals surface area contributed by atoms with Gasteiger partial charge in [0.2, 0.25) is 0 Å². The van der Waals surface area contributed by atoms with Crippen LogP contribution in [0, 0.1) is 0 Å². The highest BCUT2D eigenvalue weighted by atomic mass is 19.1. The first-order valence-electron chi connectivity index (χ1n) is 8.04. The molecule has 2 N–H and O–H groups in total. The van der Waals surface area contributed by atoms with Crippen LogP contribution in [0.1, 0.15) is 36.2 Å². The Bertz CT molecular complexity index is 623. The molecule has 0 amide bonds. The summed E-state index contributed by atoms with van der Waals surface area (Å²) in [6, 6.07) is -0.0647. The van der Waals surface area contributed by atoms with Crippen molar-refractivity contribution in [3.63, 3.8) is 0 Å². The maximum Gasteiger partial charge on any atom is 0.167 e. The lowest BCUT2D eigenvalue weighted by molar-refractivity contribution is 0.313. The minimum absolute atomic E-state index is 0.0647. The maximum atomic E-state index is 13.2. The summed E-state index contributed by atoms with van der Waals surface area (Å²) in [4.78, 5) is 10.8. The number of halogens is 1. The summed E-state index contributed by atoms with van der Waals surface area (Å²) in [5, 5.41) is 10.3. The fourth-order valence-corrected chi connectivity index (χ4v) is 2.92. The molecule has 2 atom stereocenters. The highest BCUT2D eigenvalue weighted by Gasteiger charge is 2.27. The zero-order chi connectivity index (χ0) is 16.2. The van der Waals surface area contributed by atoms with E-state index in [1.165, 1.54) is 5.69 Å². The van der Waals surface area contributed by atoms with E-state index in [-0.39, 0.29) is 6.04 Å². The van der Waals surface area contributed by atoms with Crippen LogP contribution in [0.3, 0.4) is 0 Å². The standard InChI is InChI=1S/C15H24FN7/c1-22(5-3-4-12-8-17-10-23(12)2)9-14-19-15(21-20-14)13-6-11(16)7-18-13/h8,10-11,13,18H,3-7,9H2,1-2H3,(H,19,20,21)/t11-,13+/m0/s1. The fourth-order valence-electron chi connectivity index (χ4n) is 2.92. The monoisotopic (exact) mass is 321 g/mol. The van der Waals surface area contributed by atoms with Crippen molar-refractivity contribution in [1.29, 1.82) is 0 Å². The Hall–Kier alpha value is -1.80. The summed E-state index contributed by atoms with van der Waals surface area (Å²) >= 11 is 0. The van der Waals surface area contributed by atoms with Crippen LogP contribution in [0.4, 0.5) is 4.39 Å². The molecule has 3 heterocycles. The van der Waals surface area contributed by atoms with Gasteiger partial charge in [0, 0.05) is 31.9 Å². The molecule has 0 unspecified atom stereocenters. The number of aryl methyl sites for hydroxylation is 2. The van der Waals surface area contributed by atoms with Gasteiger partial charge in [-0.1, -0.05) is 0 Å². The first-order valence-corrected chi connectivity index (χ1v) is 8.04. The maximum absolute atomic E-state index is 13.2. The van der Waals surface area contributed by atoms with E-state index < -0.39 is 6.17 Å². The summed E-state index contributed by atoms with van der Waals surface area (Å²) in [5.74, 6) is 1.50. The molecule has 0 radical (unpaired) electrons. The average Bonchev–Trinajstić information content (AvgIpc) is 3.22. The van der Waals surface area contributed by atoms with Gasteiger partial charge in [0.25, 0.3) is 0 Å². The minimum Gasteiger partial charge on any atom is -0.338 e. The highest BCUT2D eigenvalue weighted by molar-refractivity contribution is 5.01. The van der Waals surface area contributed by atoms with Gasteiger partial charge in [0.1, 0.15) is 12.0 Å². The molecular weight excluding hydrogens is 297 g/mol. The fraction of sp³-hybridized carbons (Fsp3) is 0.667. The van der Waals surface area contributed by atoms with Gasteiger partial charge in [-0.25, -0.2) is 14.4 Å². The van der Waals surface area contributed by atoms with E-state index in [1.807, 2.05) is 19.6 Å². The number of rotatable bonds is 7. The Kier molecular flexibility index (Phi) is 5.02. The molecule has 2 aromatic rings. The van der Waals surface area contributed by atoms with Crippen LogP contribution < -0.4 is 5.32 Å². The third kappa shape index (κ3) is 4.14. The molecule has 7 nitrogen and oxygen atoms in total. The van der Waals surface area contributed by atoms with Gasteiger partial charge in [-0.05, 0) is 26.4 Å². The van der Waals surface area contributed by atoms with Crippen molar-refractivity contribution >= 4 is 0 Å². The molecule has 1 aliphatic heterocycles. The molecular formula is C15H24FN7. The number of hydrogen-bond donors (Lipinski definition) is 2. The Morgan fingerprint density at radius 1 is 1.48 bits per heavy atom. The number of alkyl halides is 1.